The van der Waals surface area contributed by atoms with Gasteiger partial charge >= 0.3 is 0 Å². The summed E-state index contributed by atoms with van der Waals surface area (Å²) < 4.78 is 28.4. The minimum absolute atomic E-state index is 0.229. The zero-order chi connectivity index (χ0) is 18.8. The Balaban J connectivity index is 1.39. The first-order valence-electron chi connectivity index (χ1n) is 8.85. The topological polar surface area (TPSA) is 44.5 Å². The summed E-state index contributed by atoms with van der Waals surface area (Å²) in [6.07, 6.45) is 1.68. The number of nitrogens with zero attached hydrogens (tertiary/aromatic N) is 4. The van der Waals surface area contributed by atoms with Gasteiger partial charge in [-0.05, 0) is 30.3 Å². The molecule has 1 saturated heterocycles. The Labute approximate surface area is 156 Å². The Bertz CT molecular complexity index is 935. The lowest BCUT2D eigenvalue weighted by Gasteiger charge is -2.36. The number of piperazine rings is 1. The molecule has 1 fully saturated rings. The number of aromatic hydroxyl groups is 1. The predicted octanol–water partition coefficient (Wildman–Crippen LogP) is 3.18. The van der Waals surface area contributed by atoms with Gasteiger partial charge in [-0.2, -0.15) is 5.10 Å². The zero-order valence-corrected chi connectivity index (χ0v) is 14.7. The van der Waals surface area contributed by atoms with E-state index in [9.17, 15) is 13.9 Å². The van der Waals surface area contributed by atoms with Crippen LogP contribution in [0.3, 0.4) is 0 Å². The van der Waals surface area contributed by atoms with Crippen LogP contribution in [0.2, 0.25) is 0 Å². The van der Waals surface area contributed by atoms with Gasteiger partial charge in [0.15, 0.2) is 5.82 Å². The molecule has 0 atom stereocenters. The second-order valence-electron chi connectivity index (χ2n) is 6.60. The third-order valence-corrected chi connectivity index (χ3v) is 4.78. The van der Waals surface area contributed by atoms with E-state index >= 15 is 0 Å². The number of hydrogen-bond acceptors (Lipinski definition) is 4. The summed E-state index contributed by atoms with van der Waals surface area (Å²) in [7, 11) is 0. The van der Waals surface area contributed by atoms with Gasteiger partial charge in [-0.3, -0.25) is 4.90 Å². The lowest BCUT2D eigenvalue weighted by atomic mass is 10.2. The number of anilines is 1. The van der Waals surface area contributed by atoms with Crippen LogP contribution in [-0.2, 0) is 6.54 Å². The molecule has 27 heavy (non-hydrogen) atoms. The van der Waals surface area contributed by atoms with Crippen LogP contribution in [0, 0.1) is 11.6 Å². The third-order valence-electron chi connectivity index (χ3n) is 4.78. The van der Waals surface area contributed by atoms with Gasteiger partial charge in [-0.15, -0.1) is 0 Å². The van der Waals surface area contributed by atoms with Gasteiger partial charge in [0, 0.05) is 45.0 Å². The molecule has 1 aromatic heterocycles. The van der Waals surface area contributed by atoms with E-state index in [0.717, 1.165) is 43.6 Å². The summed E-state index contributed by atoms with van der Waals surface area (Å²) in [6, 6.07) is 12.7. The summed E-state index contributed by atoms with van der Waals surface area (Å²) in [5, 5.41) is 14.4. The molecule has 0 spiro atoms. The highest BCUT2D eigenvalue weighted by atomic mass is 19.1. The van der Waals surface area contributed by atoms with Crippen LogP contribution < -0.4 is 4.90 Å². The Morgan fingerprint density at radius 3 is 2.44 bits per heavy atom. The van der Waals surface area contributed by atoms with E-state index in [4.69, 9.17) is 0 Å². The second kappa shape index (κ2) is 7.36. The number of phenolic OH excluding ortho intramolecular Hbond substituents is 1. The van der Waals surface area contributed by atoms with Crippen LogP contribution in [0.4, 0.5) is 14.5 Å². The summed E-state index contributed by atoms with van der Waals surface area (Å²) in [5.41, 5.74) is 1.91. The molecule has 0 saturated carbocycles. The lowest BCUT2D eigenvalue weighted by Crippen LogP contribution is -2.46. The van der Waals surface area contributed by atoms with Crippen molar-refractivity contribution in [3.8, 4) is 11.4 Å². The van der Waals surface area contributed by atoms with Crippen LogP contribution in [0.25, 0.3) is 5.69 Å². The van der Waals surface area contributed by atoms with Gasteiger partial charge in [-0.1, -0.05) is 12.1 Å². The van der Waals surface area contributed by atoms with Crippen molar-refractivity contribution < 1.29 is 13.9 Å². The fraction of sp³-hybridized carbons (Fsp3) is 0.250. The summed E-state index contributed by atoms with van der Waals surface area (Å²) in [6.45, 7) is 3.96. The van der Waals surface area contributed by atoms with Crippen molar-refractivity contribution in [3.63, 3.8) is 0 Å². The molecule has 140 valence electrons. The van der Waals surface area contributed by atoms with Crippen LogP contribution in [-0.4, -0.2) is 46.0 Å². The number of rotatable bonds is 4. The molecule has 2 aromatic carbocycles. The Kier molecular flexibility index (Phi) is 4.77. The van der Waals surface area contributed by atoms with Gasteiger partial charge in [-0.25, -0.2) is 13.5 Å². The molecule has 0 radical (unpaired) electrons. The first-order valence-corrected chi connectivity index (χ1v) is 8.85. The predicted molar refractivity (Wildman–Crippen MR) is 99.1 cm³/mol. The quantitative estimate of drug-likeness (QED) is 0.766. The largest absolute Gasteiger partial charge is 0.506 e. The smallest absolute Gasteiger partial charge is 0.151 e. The molecule has 1 aliphatic rings. The molecule has 5 nitrogen and oxygen atoms in total. The number of hydrogen-bond donors (Lipinski definition) is 1. The highest BCUT2D eigenvalue weighted by Crippen LogP contribution is 2.27. The van der Waals surface area contributed by atoms with E-state index in [1.54, 1.807) is 12.3 Å². The number of halogens is 2. The van der Waals surface area contributed by atoms with Crippen LogP contribution in [0.5, 0.6) is 5.75 Å². The standard InChI is InChI=1S/C20H20F2N4O/c21-15-5-6-18(17(22)13-15)26-8-7-16(23-26)14-24-9-11-25(12-10-24)19-3-1-2-4-20(19)27/h1-8,13,27H,9-12,14H2. The van der Waals surface area contributed by atoms with Crippen molar-refractivity contribution in [3.05, 3.63) is 72.1 Å². The van der Waals surface area contributed by atoms with Gasteiger partial charge in [0.25, 0.3) is 0 Å². The van der Waals surface area contributed by atoms with Gasteiger partial charge in [0.2, 0.25) is 0 Å². The van der Waals surface area contributed by atoms with E-state index in [1.165, 1.54) is 16.8 Å². The third kappa shape index (κ3) is 3.78. The van der Waals surface area contributed by atoms with Crippen LogP contribution in [0.1, 0.15) is 5.69 Å². The Morgan fingerprint density at radius 1 is 0.926 bits per heavy atom. The normalized spacial score (nSPS) is 15.3. The fourth-order valence-corrected chi connectivity index (χ4v) is 3.35. The first kappa shape index (κ1) is 17.5. The maximum atomic E-state index is 13.9. The van der Waals surface area contributed by atoms with Crippen molar-refractivity contribution in [2.75, 3.05) is 31.1 Å². The Morgan fingerprint density at radius 2 is 1.70 bits per heavy atom. The maximum absolute atomic E-state index is 13.9. The van der Waals surface area contributed by atoms with E-state index in [2.05, 4.69) is 14.9 Å². The molecule has 3 aromatic rings. The molecule has 1 aliphatic heterocycles. The number of benzene rings is 2. The second-order valence-corrected chi connectivity index (χ2v) is 6.60. The molecular weight excluding hydrogens is 350 g/mol. The SMILES string of the molecule is Oc1ccccc1N1CCN(Cc2ccn(-c3ccc(F)cc3F)n2)CC1. The summed E-state index contributed by atoms with van der Waals surface area (Å²) in [5.74, 6) is -0.946. The summed E-state index contributed by atoms with van der Waals surface area (Å²) in [4.78, 5) is 4.43. The van der Waals surface area contributed by atoms with Crippen molar-refractivity contribution >= 4 is 5.69 Å². The molecule has 0 bridgehead atoms. The average molecular weight is 370 g/mol. The average Bonchev–Trinajstić information content (AvgIpc) is 3.11. The minimum atomic E-state index is -0.638. The molecule has 4 rings (SSSR count). The van der Waals surface area contributed by atoms with E-state index in [0.29, 0.717) is 12.3 Å². The highest BCUT2D eigenvalue weighted by Gasteiger charge is 2.20. The summed E-state index contributed by atoms with van der Waals surface area (Å²) >= 11 is 0. The van der Waals surface area contributed by atoms with Gasteiger partial charge in [0.1, 0.15) is 17.3 Å². The number of para-hydroxylation sites is 2. The minimum Gasteiger partial charge on any atom is -0.506 e. The molecule has 2 heterocycles. The molecule has 0 unspecified atom stereocenters. The van der Waals surface area contributed by atoms with Crippen molar-refractivity contribution in [2.45, 2.75) is 6.54 Å². The molecule has 0 amide bonds. The van der Waals surface area contributed by atoms with E-state index in [-0.39, 0.29) is 5.69 Å². The highest BCUT2D eigenvalue weighted by molar-refractivity contribution is 5.57. The van der Waals surface area contributed by atoms with E-state index < -0.39 is 11.6 Å². The maximum Gasteiger partial charge on any atom is 0.151 e. The molecule has 7 heteroatoms. The Hall–Kier alpha value is -2.93. The van der Waals surface area contributed by atoms with E-state index in [1.807, 2.05) is 24.3 Å². The number of aromatic nitrogens is 2. The van der Waals surface area contributed by atoms with Crippen molar-refractivity contribution in [1.29, 1.82) is 0 Å². The van der Waals surface area contributed by atoms with Gasteiger partial charge in [0.05, 0.1) is 11.4 Å². The fourth-order valence-electron chi connectivity index (χ4n) is 3.35. The molecule has 1 N–H and O–H groups in total. The lowest BCUT2D eigenvalue weighted by molar-refractivity contribution is 0.246. The molecular formula is C20H20F2N4O. The van der Waals surface area contributed by atoms with Crippen LogP contribution >= 0.6 is 0 Å². The molecule has 0 aliphatic carbocycles. The monoisotopic (exact) mass is 370 g/mol. The van der Waals surface area contributed by atoms with Crippen molar-refractivity contribution in [1.82, 2.24) is 14.7 Å². The number of phenols is 1. The van der Waals surface area contributed by atoms with Crippen LogP contribution in [0.15, 0.2) is 54.7 Å². The zero-order valence-electron chi connectivity index (χ0n) is 14.7. The first-order chi connectivity index (χ1) is 13.1. The van der Waals surface area contributed by atoms with Gasteiger partial charge < -0.3 is 10.0 Å². The van der Waals surface area contributed by atoms with Crippen molar-refractivity contribution in [2.24, 2.45) is 0 Å².